The maximum absolute atomic E-state index is 13.4. The average Bonchev–Trinajstić information content (AvgIpc) is 3.14. The number of fused-ring (bicyclic) bond motifs is 9. The fourth-order valence-corrected chi connectivity index (χ4v) is 9.90. The van der Waals surface area contributed by atoms with Crippen molar-refractivity contribution in [2.24, 2.45) is 34.5 Å². The van der Waals surface area contributed by atoms with Crippen molar-refractivity contribution in [3.63, 3.8) is 0 Å². The summed E-state index contributed by atoms with van der Waals surface area (Å²) in [6.45, 7) is 5.77. The van der Waals surface area contributed by atoms with E-state index in [1.54, 1.807) is 0 Å². The Hall–Kier alpha value is -1.94. The van der Waals surface area contributed by atoms with Gasteiger partial charge in [-0.1, -0.05) is 32.0 Å². The fraction of sp³-hybridized carbons (Fsp3) is 0.667. The molecule has 0 amide bonds. The van der Waals surface area contributed by atoms with Crippen molar-refractivity contribution in [1.82, 2.24) is 5.32 Å². The van der Waals surface area contributed by atoms with E-state index in [9.17, 15) is 9.59 Å². The van der Waals surface area contributed by atoms with E-state index in [1.807, 2.05) is 12.1 Å². The molecule has 1 N–H and O–H groups in total. The van der Waals surface area contributed by atoms with Gasteiger partial charge in [0.15, 0.2) is 0 Å². The zero-order valence-electron chi connectivity index (χ0n) is 20.6. The smallest absolute Gasteiger partial charge is 0.341 e. The van der Waals surface area contributed by atoms with Gasteiger partial charge in [-0.25, -0.2) is 4.79 Å². The number of carbonyl (C=O) groups excluding carboxylic acids is 1. The molecule has 1 aromatic heterocycles. The fourth-order valence-electron chi connectivity index (χ4n) is 9.90. The van der Waals surface area contributed by atoms with Crippen LogP contribution in [0.5, 0.6) is 0 Å². The van der Waals surface area contributed by atoms with Gasteiger partial charge in [0.05, 0.1) is 11.1 Å². The first-order chi connectivity index (χ1) is 16.4. The van der Waals surface area contributed by atoms with Crippen LogP contribution in [-0.4, -0.2) is 12.3 Å². The van der Waals surface area contributed by atoms with Crippen LogP contribution in [-0.2, 0) is 16.8 Å². The molecule has 1 aliphatic heterocycles. The normalized spacial score (nSPS) is 43.3. The molecule has 2 heterocycles. The Bertz CT molecular complexity index is 1250. The maximum atomic E-state index is 13.4. The van der Waals surface area contributed by atoms with E-state index in [2.05, 4.69) is 31.3 Å². The third-order valence-electron chi connectivity index (χ3n) is 11.7. The molecule has 0 bridgehead atoms. The molecule has 34 heavy (non-hydrogen) atoms. The third-order valence-corrected chi connectivity index (χ3v) is 11.7. The Balaban J connectivity index is 1.25. The predicted octanol–water partition coefficient (Wildman–Crippen LogP) is 5.75. The number of carbonyl (C=O) groups is 1. The summed E-state index contributed by atoms with van der Waals surface area (Å²) in [6, 6.07) is 8.05. The van der Waals surface area contributed by atoms with Crippen molar-refractivity contribution >= 4 is 16.8 Å². The van der Waals surface area contributed by atoms with Crippen LogP contribution >= 0.6 is 0 Å². The molecule has 4 fully saturated rings. The van der Waals surface area contributed by atoms with Crippen LogP contribution in [0, 0.1) is 34.5 Å². The predicted molar refractivity (Wildman–Crippen MR) is 133 cm³/mol. The van der Waals surface area contributed by atoms with Crippen molar-refractivity contribution in [3.05, 3.63) is 45.8 Å². The topological polar surface area (TPSA) is 59.3 Å². The molecule has 7 unspecified atom stereocenters. The highest BCUT2D eigenvalue weighted by Crippen LogP contribution is 2.67. The van der Waals surface area contributed by atoms with E-state index in [0.717, 1.165) is 73.9 Å². The van der Waals surface area contributed by atoms with Crippen molar-refractivity contribution in [1.29, 1.82) is 0 Å². The molecule has 5 aliphatic rings. The molecule has 1 aromatic carbocycles. The van der Waals surface area contributed by atoms with Crippen molar-refractivity contribution in [3.8, 4) is 0 Å². The first kappa shape index (κ1) is 21.4. The van der Waals surface area contributed by atoms with Gasteiger partial charge in [-0.15, -0.1) is 0 Å². The summed E-state index contributed by atoms with van der Waals surface area (Å²) in [4.78, 5) is 26.1. The van der Waals surface area contributed by atoms with Gasteiger partial charge >= 0.3 is 5.63 Å². The van der Waals surface area contributed by atoms with E-state index in [1.165, 1.54) is 24.8 Å². The van der Waals surface area contributed by atoms with Gasteiger partial charge < -0.3 is 9.73 Å². The number of benzene rings is 1. The minimum Gasteiger partial charge on any atom is -0.422 e. The van der Waals surface area contributed by atoms with Crippen LogP contribution in [0.25, 0.3) is 11.0 Å². The van der Waals surface area contributed by atoms with Gasteiger partial charge in [-0.3, -0.25) is 4.79 Å². The number of Topliss-reactive ketones (excluding diaryl/α,β-unsaturated/α-hetero) is 1. The van der Waals surface area contributed by atoms with Gasteiger partial charge in [-0.05, 0) is 98.5 Å². The molecule has 0 radical (unpaired) electrons. The first-order valence-corrected chi connectivity index (χ1v) is 13.7. The molecule has 0 saturated heterocycles. The highest BCUT2D eigenvalue weighted by atomic mass is 16.4. The zero-order chi connectivity index (χ0) is 23.3. The van der Waals surface area contributed by atoms with Gasteiger partial charge in [0.2, 0.25) is 0 Å². The average molecular weight is 460 g/mol. The summed E-state index contributed by atoms with van der Waals surface area (Å²) in [5, 5.41) is 4.98. The highest BCUT2D eigenvalue weighted by molar-refractivity contribution is 5.87. The summed E-state index contributed by atoms with van der Waals surface area (Å²) < 4.78 is 5.88. The van der Waals surface area contributed by atoms with Gasteiger partial charge in [-0.2, -0.15) is 0 Å². The van der Waals surface area contributed by atoms with Crippen LogP contribution < -0.4 is 10.9 Å². The Kier molecular flexibility index (Phi) is 4.43. The molecular weight excluding hydrogens is 422 g/mol. The molecule has 2 aromatic rings. The minimum absolute atomic E-state index is 0.0515. The summed E-state index contributed by atoms with van der Waals surface area (Å²) >= 11 is 0. The van der Waals surface area contributed by atoms with Crippen LogP contribution in [0.3, 0.4) is 0 Å². The second-order valence-electron chi connectivity index (χ2n) is 12.8. The lowest BCUT2D eigenvalue weighted by atomic mass is 9.43. The Labute approximate surface area is 201 Å². The van der Waals surface area contributed by atoms with Gasteiger partial charge in [0.1, 0.15) is 11.4 Å². The van der Waals surface area contributed by atoms with Crippen LogP contribution in [0.4, 0.5) is 0 Å². The van der Waals surface area contributed by atoms with Crippen LogP contribution in [0.2, 0.25) is 0 Å². The Morgan fingerprint density at radius 3 is 2.68 bits per heavy atom. The molecule has 7 atom stereocenters. The summed E-state index contributed by atoms with van der Waals surface area (Å²) in [5.74, 6) is 3.19. The van der Waals surface area contributed by atoms with Gasteiger partial charge in [0.25, 0.3) is 0 Å². The Morgan fingerprint density at radius 1 is 0.941 bits per heavy atom. The number of hydrogen-bond acceptors (Lipinski definition) is 4. The summed E-state index contributed by atoms with van der Waals surface area (Å²) in [5.41, 5.74) is 2.76. The lowest BCUT2D eigenvalue weighted by Gasteiger charge is -2.62. The second kappa shape index (κ2) is 7.06. The summed E-state index contributed by atoms with van der Waals surface area (Å²) in [7, 11) is 0. The van der Waals surface area contributed by atoms with Crippen molar-refractivity contribution < 1.29 is 9.21 Å². The number of hydrogen-bond donors (Lipinski definition) is 1. The van der Waals surface area contributed by atoms with Crippen molar-refractivity contribution in [2.45, 2.75) is 83.6 Å². The van der Waals surface area contributed by atoms with Crippen LogP contribution in [0.15, 0.2) is 33.5 Å². The standard InChI is InChI=1S/C30H37NO3/c1-28-14-15-30(26-20(12-16-31-30)19-5-3-4-6-24(19)34-27(26)33)17-18(28)7-8-21-22-9-10-25(32)29(22,2)13-11-23(21)28/h3-6,18,21-23,31H,7-17H2,1-2H3. The molecule has 4 heteroatoms. The minimum atomic E-state index is -0.248. The Morgan fingerprint density at radius 2 is 1.79 bits per heavy atom. The largest absolute Gasteiger partial charge is 0.422 e. The van der Waals surface area contributed by atoms with Crippen LogP contribution in [0.1, 0.15) is 82.8 Å². The monoisotopic (exact) mass is 459 g/mol. The molecule has 4 aliphatic carbocycles. The van der Waals surface area contributed by atoms with Gasteiger partial charge in [0, 0.05) is 23.8 Å². The SMILES string of the molecule is CC12CCC3C(CCC4CC5(CCC43C)NCCc3c5c(=O)oc4ccccc34)C1CCC2=O. The lowest BCUT2D eigenvalue weighted by molar-refractivity contribution is -0.142. The molecule has 4 nitrogen and oxygen atoms in total. The third kappa shape index (κ3) is 2.64. The number of ketones is 1. The van der Waals surface area contributed by atoms with E-state index < -0.39 is 0 Å². The van der Waals surface area contributed by atoms with E-state index in [4.69, 9.17) is 4.42 Å². The molecule has 7 rings (SSSR count). The number of para-hydroxylation sites is 1. The number of rotatable bonds is 0. The molecule has 1 spiro atoms. The number of nitrogens with one attached hydrogen (secondary N) is 1. The highest BCUT2D eigenvalue weighted by Gasteiger charge is 2.62. The molecular formula is C30H37NO3. The van der Waals surface area contributed by atoms with E-state index >= 15 is 0 Å². The van der Waals surface area contributed by atoms with E-state index in [-0.39, 0.29) is 16.6 Å². The van der Waals surface area contributed by atoms with Crippen molar-refractivity contribution in [2.75, 3.05) is 6.54 Å². The quantitative estimate of drug-likeness (QED) is 0.510. The zero-order valence-corrected chi connectivity index (χ0v) is 20.6. The first-order valence-electron chi connectivity index (χ1n) is 13.7. The second-order valence-corrected chi connectivity index (χ2v) is 12.8. The molecule has 4 saturated carbocycles. The molecule has 180 valence electrons. The van der Waals surface area contributed by atoms with E-state index in [0.29, 0.717) is 29.0 Å². The summed E-state index contributed by atoms with van der Waals surface area (Å²) in [6.07, 6.45) is 10.8. The maximum Gasteiger partial charge on any atom is 0.341 e. The lowest BCUT2D eigenvalue weighted by Crippen LogP contribution is -2.60.